The SMILES string of the molecule is CCc1ccccc1-c1oc(-c2cccs2)nc1C(=O)O. The van der Waals surface area contributed by atoms with E-state index in [0.29, 0.717) is 11.7 Å². The Hall–Kier alpha value is -2.40. The van der Waals surface area contributed by atoms with Crippen molar-refractivity contribution in [1.82, 2.24) is 4.98 Å². The maximum Gasteiger partial charge on any atom is 0.358 e. The fourth-order valence-electron chi connectivity index (χ4n) is 2.20. The molecule has 1 aromatic carbocycles. The van der Waals surface area contributed by atoms with Gasteiger partial charge in [0.25, 0.3) is 0 Å². The molecule has 0 saturated carbocycles. The fourth-order valence-corrected chi connectivity index (χ4v) is 2.85. The number of hydrogen-bond acceptors (Lipinski definition) is 4. The molecule has 0 unspecified atom stereocenters. The second kappa shape index (κ2) is 5.54. The van der Waals surface area contributed by atoms with Gasteiger partial charge >= 0.3 is 5.97 Å². The molecule has 0 bridgehead atoms. The van der Waals surface area contributed by atoms with Crippen LogP contribution in [0.4, 0.5) is 0 Å². The Bertz CT molecular complexity index is 775. The summed E-state index contributed by atoms with van der Waals surface area (Å²) >= 11 is 1.47. The zero-order valence-corrected chi connectivity index (χ0v) is 12.2. The summed E-state index contributed by atoms with van der Waals surface area (Å²) in [6.45, 7) is 2.02. The van der Waals surface area contributed by atoms with E-state index >= 15 is 0 Å². The largest absolute Gasteiger partial charge is 0.476 e. The van der Waals surface area contributed by atoms with Crippen LogP contribution in [-0.4, -0.2) is 16.1 Å². The minimum absolute atomic E-state index is 0.0423. The van der Waals surface area contributed by atoms with E-state index in [1.54, 1.807) is 0 Å². The maximum absolute atomic E-state index is 11.5. The van der Waals surface area contributed by atoms with Crippen LogP contribution in [0.5, 0.6) is 0 Å². The van der Waals surface area contributed by atoms with Gasteiger partial charge in [-0.15, -0.1) is 11.3 Å². The van der Waals surface area contributed by atoms with E-state index in [4.69, 9.17) is 4.42 Å². The zero-order chi connectivity index (χ0) is 14.8. The van der Waals surface area contributed by atoms with E-state index in [1.807, 2.05) is 48.7 Å². The summed E-state index contributed by atoms with van der Waals surface area (Å²) in [4.78, 5) is 16.4. The molecule has 0 radical (unpaired) electrons. The summed E-state index contributed by atoms with van der Waals surface area (Å²) in [5.74, 6) is -0.408. The van der Waals surface area contributed by atoms with Gasteiger partial charge in [-0.05, 0) is 23.4 Å². The van der Waals surface area contributed by atoms with Crippen LogP contribution >= 0.6 is 11.3 Å². The summed E-state index contributed by atoms with van der Waals surface area (Å²) in [6.07, 6.45) is 0.796. The molecule has 0 fully saturated rings. The predicted molar refractivity (Wildman–Crippen MR) is 81.6 cm³/mol. The lowest BCUT2D eigenvalue weighted by atomic mass is 10.0. The molecule has 0 aliphatic heterocycles. The normalized spacial score (nSPS) is 10.7. The second-order valence-corrected chi connectivity index (χ2v) is 5.44. The Morgan fingerprint density at radius 1 is 1.29 bits per heavy atom. The number of benzene rings is 1. The molecule has 2 aromatic heterocycles. The highest BCUT2D eigenvalue weighted by atomic mass is 32.1. The molecular formula is C16H13NO3S. The molecule has 0 spiro atoms. The molecule has 0 aliphatic carbocycles. The highest BCUT2D eigenvalue weighted by Gasteiger charge is 2.23. The van der Waals surface area contributed by atoms with Crippen LogP contribution in [0.25, 0.3) is 22.1 Å². The Morgan fingerprint density at radius 3 is 2.76 bits per heavy atom. The molecule has 5 heteroatoms. The maximum atomic E-state index is 11.5. The average molecular weight is 299 g/mol. The molecule has 0 amide bonds. The predicted octanol–water partition coefficient (Wildman–Crippen LogP) is 4.33. The number of aromatic nitrogens is 1. The van der Waals surface area contributed by atoms with Gasteiger partial charge in [-0.3, -0.25) is 0 Å². The molecule has 0 saturated heterocycles. The van der Waals surface area contributed by atoms with Crippen LogP contribution < -0.4 is 0 Å². The molecule has 1 N–H and O–H groups in total. The van der Waals surface area contributed by atoms with Gasteiger partial charge in [0.1, 0.15) is 0 Å². The van der Waals surface area contributed by atoms with Crippen molar-refractivity contribution >= 4 is 17.3 Å². The molecule has 2 heterocycles. The number of hydrogen-bond donors (Lipinski definition) is 1. The van der Waals surface area contributed by atoms with Crippen molar-refractivity contribution in [3.05, 3.63) is 53.0 Å². The van der Waals surface area contributed by atoms with Crippen molar-refractivity contribution in [3.63, 3.8) is 0 Å². The monoisotopic (exact) mass is 299 g/mol. The molecule has 3 rings (SSSR count). The van der Waals surface area contributed by atoms with E-state index < -0.39 is 5.97 Å². The highest BCUT2D eigenvalue weighted by molar-refractivity contribution is 7.13. The number of nitrogens with zero attached hydrogens (tertiary/aromatic N) is 1. The van der Waals surface area contributed by atoms with Gasteiger partial charge in [0.2, 0.25) is 5.89 Å². The van der Waals surface area contributed by atoms with Gasteiger partial charge in [0.15, 0.2) is 11.5 Å². The molecule has 0 aliphatic rings. The molecular weight excluding hydrogens is 286 g/mol. The smallest absolute Gasteiger partial charge is 0.358 e. The molecule has 3 aromatic rings. The third-order valence-electron chi connectivity index (χ3n) is 3.20. The van der Waals surface area contributed by atoms with Crippen LogP contribution in [-0.2, 0) is 6.42 Å². The number of oxazole rings is 1. The van der Waals surface area contributed by atoms with Gasteiger partial charge in [0.05, 0.1) is 4.88 Å². The van der Waals surface area contributed by atoms with Gasteiger partial charge in [-0.25, -0.2) is 9.78 Å². The average Bonchev–Trinajstić information content (AvgIpc) is 3.16. The summed E-state index contributed by atoms with van der Waals surface area (Å²) in [5.41, 5.74) is 1.78. The van der Waals surface area contributed by atoms with E-state index in [9.17, 15) is 9.90 Å². The first-order valence-electron chi connectivity index (χ1n) is 6.57. The van der Waals surface area contributed by atoms with E-state index in [2.05, 4.69) is 4.98 Å². The molecule has 4 nitrogen and oxygen atoms in total. The first kappa shape index (κ1) is 13.6. The van der Waals surface area contributed by atoms with Crippen molar-refractivity contribution in [2.45, 2.75) is 13.3 Å². The van der Waals surface area contributed by atoms with Gasteiger partial charge in [-0.2, -0.15) is 0 Å². The molecule has 0 atom stereocenters. The topological polar surface area (TPSA) is 63.3 Å². The lowest BCUT2D eigenvalue weighted by molar-refractivity contribution is 0.0691. The van der Waals surface area contributed by atoms with E-state index in [1.165, 1.54) is 11.3 Å². The van der Waals surface area contributed by atoms with Crippen molar-refractivity contribution < 1.29 is 14.3 Å². The molecule has 21 heavy (non-hydrogen) atoms. The standard InChI is InChI=1S/C16H13NO3S/c1-2-10-6-3-4-7-11(10)14-13(16(18)19)17-15(20-14)12-8-5-9-21-12/h3-9H,2H2,1H3,(H,18,19). The third kappa shape index (κ3) is 2.48. The van der Waals surface area contributed by atoms with Crippen LogP contribution in [0.2, 0.25) is 0 Å². The van der Waals surface area contributed by atoms with E-state index in [-0.39, 0.29) is 5.69 Å². The number of rotatable bonds is 4. The Kier molecular flexibility index (Phi) is 3.58. The summed E-state index contributed by atoms with van der Waals surface area (Å²) in [6, 6.07) is 11.4. The number of thiophene rings is 1. The van der Waals surface area contributed by atoms with Gasteiger partial charge in [0, 0.05) is 5.56 Å². The second-order valence-electron chi connectivity index (χ2n) is 4.49. The van der Waals surface area contributed by atoms with Crippen molar-refractivity contribution in [3.8, 4) is 22.1 Å². The third-order valence-corrected chi connectivity index (χ3v) is 4.06. The van der Waals surface area contributed by atoms with Crippen LogP contribution in [0.15, 0.2) is 46.2 Å². The fraction of sp³-hybridized carbons (Fsp3) is 0.125. The Balaban J connectivity index is 2.19. The van der Waals surface area contributed by atoms with Gasteiger partial charge < -0.3 is 9.52 Å². The van der Waals surface area contributed by atoms with Crippen molar-refractivity contribution in [2.24, 2.45) is 0 Å². The number of carbonyl (C=O) groups is 1. The Morgan fingerprint density at radius 2 is 2.10 bits per heavy atom. The number of carboxylic acids is 1. The number of aromatic carboxylic acids is 1. The van der Waals surface area contributed by atoms with Crippen LogP contribution in [0, 0.1) is 0 Å². The van der Waals surface area contributed by atoms with Crippen LogP contribution in [0.1, 0.15) is 23.0 Å². The zero-order valence-electron chi connectivity index (χ0n) is 11.4. The van der Waals surface area contributed by atoms with Crippen molar-refractivity contribution in [2.75, 3.05) is 0 Å². The minimum atomic E-state index is -1.08. The number of carboxylic acid groups (broad SMARTS) is 1. The highest BCUT2D eigenvalue weighted by Crippen LogP contribution is 2.33. The Labute approximate surface area is 125 Å². The number of aryl methyl sites for hydroxylation is 1. The van der Waals surface area contributed by atoms with Crippen molar-refractivity contribution in [1.29, 1.82) is 0 Å². The van der Waals surface area contributed by atoms with Crippen LogP contribution in [0.3, 0.4) is 0 Å². The van der Waals surface area contributed by atoms with E-state index in [0.717, 1.165) is 22.4 Å². The summed E-state index contributed by atoms with van der Waals surface area (Å²) < 4.78 is 5.77. The lowest BCUT2D eigenvalue weighted by Gasteiger charge is -2.04. The lowest BCUT2D eigenvalue weighted by Crippen LogP contribution is -2.00. The minimum Gasteiger partial charge on any atom is -0.476 e. The first-order valence-corrected chi connectivity index (χ1v) is 7.45. The van der Waals surface area contributed by atoms with Gasteiger partial charge in [-0.1, -0.05) is 37.3 Å². The quantitative estimate of drug-likeness (QED) is 0.778. The molecule has 106 valence electrons. The summed E-state index contributed by atoms with van der Waals surface area (Å²) in [5, 5.41) is 11.3. The summed E-state index contributed by atoms with van der Waals surface area (Å²) in [7, 11) is 0. The first-order chi connectivity index (χ1) is 10.2.